The normalized spacial score (nSPS) is 12.9. The maximum absolute atomic E-state index is 12.6. The standard InChI is InChI=1S/C16H19NO3S/c1-12-9-10-15(20-3)16(11-12)21(18,19)17-13(2)14-7-5-4-6-8-14/h4-11,13,17H,1-3H3. The molecule has 21 heavy (non-hydrogen) atoms. The molecule has 2 rings (SSSR count). The molecule has 2 aromatic carbocycles. The fourth-order valence-electron chi connectivity index (χ4n) is 2.10. The number of sulfonamides is 1. The Bertz CT molecular complexity index is 712. The second kappa shape index (κ2) is 6.28. The second-order valence-electron chi connectivity index (χ2n) is 4.91. The maximum Gasteiger partial charge on any atom is 0.244 e. The molecule has 2 aromatic rings. The van der Waals surface area contributed by atoms with Gasteiger partial charge in [0.15, 0.2) is 0 Å². The predicted octanol–water partition coefficient (Wildman–Crippen LogP) is 3.04. The number of nitrogens with one attached hydrogen (secondary N) is 1. The molecule has 0 aromatic heterocycles. The average Bonchev–Trinajstić information content (AvgIpc) is 2.47. The lowest BCUT2D eigenvalue weighted by Gasteiger charge is -2.16. The van der Waals surface area contributed by atoms with Crippen LogP contribution in [0.1, 0.15) is 24.1 Å². The van der Waals surface area contributed by atoms with Gasteiger partial charge < -0.3 is 4.74 Å². The third-order valence-corrected chi connectivity index (χ3v) is 4.80. The van der Waals surface area contributed by atoms with E-state index in [1.807, 2.05) is 50.2 Å². The number of hydrogen-bond acceptors (Lipinski definition) is 3. The van der Waals surface area contributed by atoms with Crippen LogP contribution in [0.5, 0.6) is 5.75 Å². The van der Waals surface area contributed by atoms with E-state index in [4.69, 9.17) is 4.74 Å². The number of hydrogen-bond donors (Lipinski definition) is 1. The van der Waals surface area contributed by atoms with Crippen LogP contribution in [0.15, 0.2) is 53.4 Å². The molecule has 4 nitrogen and oxygen atoms in total. The molecule has 1 unspecified atom stereocenters. The number of methoxy groups -OCH3 is 1. The highest BCUT2D eigenvalue weighted by Crippen LogP contribution is 2.26. The molecule has 0 aliphatic carbocycles. The first-order valence-electron chi connectivity index (χ1n) is 6.66. The molecule has 0 fully saturated rings. The van der Waals surface area contributed by atoms with Crippen LogP contribution in [0.4, 0.5) is 0 Å². The summed E-state index contributed by atoms with van der Waals surface area (Å²) in [7, 11) is -2.19. The Morgan fingerprint density at radius 2 is 1.76 bits per heavy atom. The smallest absolute Gasteiger partial charge is 0.244 e. The summed E-state index contributed by atoms with van der Waals surface area (Å²) in [5.74, 6) is 0.341. The van der Waals surface area contributed by atoms with Gasteiger partial charge in [0.2, 0.25) is 10.0 Å². The summed E-state index contributed by atoms with van der Waals surface area (Å²) in [5.41, 5.74) is 1.77. The zero-order chi connectivity index (χ0) is 15.5. The van der Waals surface area contributed by atoms with Crippen molar-refractivity contribution in [2.75, 3.05) is 7.11 Å². The van der Waals surface area contributed by atoms with Crippen molar-refractivity contribution in [3.05, 3.63) is 59.7 Å². The van der Waals surface area contributed by atoms with Crippen LogP contribution >= 0.6 is 0 Å². The Labute approximate surface area is 125 Å². The largest absolute Gasteiger partial charge is 0.495 e. The van der Waals surface area contributed by atoms with Crippen molar-refractivity contribution < 1.29 is 13.2 Å². The first kappa shape index (κ1) is 15.5. The molecule has 0 radical (unpaired) electrons. The van der Waals surface area contributed by atoms with Crippen LogP contribution in [0.25, 0.3) is 0 Å². The molecule has 1 atom stereocenters. The van der Waals surface area contributed by atoms with Gasteiger partial charge >= 0.3 is 0 Å². The summed E-state index contributed by atoms with van der Waals surface area (Å²) < 4.78 is 33.0. The topological polar surface area (TPSA) is 55.4 Å². The van der Waals surface area contributed by atoms with Gasteiger partial charge in [0.25, 0.3) is 0 Å². The minimum atomic E-state index is -3.65. The van der Waals surface area contributed by atoms with E-state index in [-0.39, 0.29) is 10.9 Å². The van der Waals surface area contributed by atoms with Crippen molar-refractivity contribution in [2.24, 2.45) is 0 Å². The van der Waals surface area contributed by atoms with Crippen LogP contribution in [0, 0.1) is 6.92 Å². The number of benzene rings is 2. The van der Waals surface area contributed by atoms with Gasteiger partial charge in [0.1, 0.15) is 10.6 Å². The second-order valence-corrected chi connectivity index (χ2v) is 6.59. The highest BCUT2D eigenvalue weighted by atomic mass is 32.2. The third-order valence-electron chi connectivity index (χ3n) is 3.24. The molecule has 0 bridgehead atoms. The van der Waals surface area contributed by atoms with Crippen molar-refractivity contribution in [1.29, 1.82) is 0 Å². The first-order chi connectivity index (χ1) is 9.94. The quantitative estimate of drug-likeness (QED) is 0.923. The molecule has 0 aliphatic heterocycles. The monoisotopic (exact) mass is 305 g/mol. The van der Waals surface area contributed by atoms with Crippen molar-refractivity contribution in [1.82, 2.24) is 4.72 Å². The number of ether oxygens (including phenoxy) is 1. The Morgan fingerprint density at radius 1 is 1.10 bits per heavy atom. The lowest BCUT2D eigenvalue weighted by Crippen LogP contribution is -2.27. The zero-order valence-corrected chi connectivity index (χ0v) is 13.1. The summed E-state index contributed by atoms with van der Waals surface area (Å²) in [6.45, 7) is 3.66. The molecular formula is C16H19NO3S. The summed E-state index contributed by atoms with van der Waals surface area (Å²) in [6.07, 6.45) is 0. The van der Waals surface area contributed by atoms with E-state index in [2.05, 4.69) is 4.72 Å². The third kappa shape index (κ3) is 3.62. The van der Waals surface area contributed by atoms with Crippen molar-refractivity contribution in [3.63, 3.8) is 0 Å². The minimum Gasteiger partial charge on any atom is -0.495 e. The van der Waals surface area contributed by atoms with Gasteiger partial charge in [0, 0.05) is 6.04 Å². The molecule has 0 saturated heterocycles. The van der Waals surface area contributed by atoms with Gasteiger partial charge in [-0.1, -0.05) is 36.4 Å². The van der Waals surface area contributed by atoms with E-state index >= 15 is 0 Å². The van der Waals surface area contributed by atoms with Gasteiger partial charge in [-0.3, -0.25) is 0 Å². The molecule has 0 saturated carbocycles. The van der Waals surface area contributed by atoms with Crippen LogP contribution in [0.3, 0.4) is 0 Å². The molecule has 1 N–H and O–H groups in total. The van der Waals surface area contributed by atoms with E-state index < -0.39 is 10.0 Å². The summed E-state index contributed by atoms with van der Waals surface area (Å²) in [4.78, 5) is 0.160. The van der Waals surface area contributed by atoms with E-state index in [0.29, 0.717) is 5.75 Å². The van der Waals surface area contributed by atoms with E-state index in [9.17, 15) is 8.42 Å². The van der Waals surface area contributed by atoms with Crippen molar-refractivity contribution in [3.8, 4) is 5.75 Å². The average molecular weight is 305 g/mol. The Kier molecular flexibility index (Phi) is 4.65. The lowest BCUT2D eigenvalue weighted by atomic mass is 10.1. The van der Waals surface area contributed by atoms with Crippen LogP contribution in [0.2, 0.25) is 0 Å². The van der Waals surface area contributed by atoms with Gasteiger partial charge in [-0.05, 0) is 37.1 Å². The van der Waals surface area contributed by atoms with Crippen molar-refractivity contribution in [2.45, 2.75) is 24.8 Å². The molecule has 0 heterocycles. The highest BCUT2D eigenvalue weighted by molar-refractivity contribution is 7.89. The Hall–Kier alpha value is -1.85. The molecular weight excluding hydrogens is 286 g/mol. The predicted molar refractivity (Wildman–Crippen MR) is 82.9 cm³/mol. The van der Waals surface area contributed by atoms with E-state index in [0.717, 1.165) is 11.1 Å². The molecule has 0 spiro atoms. The summed E-state index contributed by atoms with van der Waals surface area (Å²) >= 11 is 0. The van der Waals surface area contributed by atoms with Crippen LogP contribution in [-0.4, -0.2) is 15.5 Å². The SMILES string of the molecule is COc1ccc(C)cc1S(=O)(=O)NC(C)c1ccccc1. The maximum atomic E-state index is 12.6. The van der Waals surface area contributed by atoms with Gasteiger partial charge in [-0.15, -0.1) is 0 Å². The van der Waals surface area contributed by atoms with Crippen molar-refractivity contribution >= 4 is 10.0 Å². The Balaban J connectivity index is 2.33. The molecule has 112 valence electrons. The van der Waals surface area contributed by atoms with E-state index in [1.165, 1.54) is 7.11 Å². The minimum absolute atomic E-state index is 0.160. The molecule has 0 amide bonds. The lowest BCUT2D eigenvalue weighted by molar-refractivity contribution is 0.402. The number of rotatable bonds is 5. The number of aryl methyl sites for hydroxylation is 1. The zero-order valence-electron chi connectivity index (χ0n) is 12.3. The van der Waals surface area contributed by atoms with Gasteiger partial charge in [-0.25, -0.2) is 13.1 Å². The fraction of sp³-hybridized carbons (Fsp3) is 0.250. The van der Waals surface area contributed by atoms with Crippen LogP contribution < -0.4 is 9.46 Å². The van der Waals surface area contributed by atoms with E-state index in [1.54, 1.807) is 12.1 Å². The van der Waals surface area contributed by atoms with Gasteiger partial charge in [-0.2, -0.15) is 0 Å². The van der Waals surface area contributed by atoms with Crippen LogP contribution in [-0.2, 0) is 10.0 Å². The van der Waals surface area contributed by atoms with Gasteiger partial charge in [0.05, 0.1) is 7.11 Å². The first-order valence-corrected chi connectivity index (χ1v) is 8.14. The molecule has 5 heteroatoms. The summed E-state index contributed by atoms with van der Waals surface area (Å²) in [5, 5.41) is 0. The fourth-order valence-corrected chi connectivity index (χ4v) is 3.59. The molecule has 0 aliphatic rings. The highest BCUT2D eigenvalue weighted by Gasteiger charge is 2.22. The summed E-state index contributed by atoms with van der Waals surface area (Å²) in [6, 6.07) is 14.2. The Morgan fingerprint density at radius 3 is 2.38 bits per heavy atom.